The van der Waals surface area contributed by atoms with Crippen molar-refractivity contribution in [2.24, 2.45) is 0 Å². The SMILES string of the molecule is Fc1c[c-]c(-c2cccc(Cc3cccc(-c4[c-]cc(F)cc4F)n3)n2)c(F)c1.O=C(c1cccc(-c2[c-]ccnc2)n1)c1cccc(-c2[c-]ccnc2)n1.O=C(c1cccc(-c2[c-]nccc2)n1)c1cccc(-c2[c-]nccc2)n1.[Pt+2].[Pt+2].[Pt+2].[Pt+2].[Pt+2].[c-]1ccccc1-c1cccc(-c2cccc3ccc(-c4[c-]cccc4)nc23)n1.[c-]1ccccc1-c1nc(Cc2cc3ccccc3c(-c3[c-]cccc3)n2)cc2ccccc12. The van der Waals surface area contributed by atoms with E-state index in [1.165, 1.54) is 10.8 Å². The molecule has 0 aliphatic heterocycles. The number of ketones is 2. The molecule has 147 heavy (non-hydrogen) atoms. The van der Waals surface area contributed by atoms with Crippen LogP contribution >= 0.6 is 0 Å². The zero-order valence-corrected chi connectivity index (χ0v) is 88.2. The van der Waals surface area contributed by atoms with Crippen LogP contribution in [-0.4, -0.2) is 81.3 Å². The summed E-state index contributed by atoms with van der Waals surface area (Å²) in [6.45, 7) is 0. The van der Waals surface area contributed by atoms with Crippen LogP contribution in [0.2, 0.25) is 0 Å². The van der Waals surface area contributed by atoms with Gasteiger partial charge in [0.05, 0.1) is 11.2 Å². The molecule has 0 unspecified atom stereocenters. The van der Waals surface area contributed by atoms with Gasteiger partial charge in [-0.15, -0.1) is 239 Å². The number of halogens is 4. The van der Waals surface area contributed by atoms with Crippen LogP contribution in [0.5, 0.6) is 0 Å². The number of nitrogens with zero attached hydrogens (tertiary/aromatic N) is 14. The third-order valence-electron chi connectivity index (χ3n) is 22.3. The standard InChI is InChI=1S/C31H20N2.C26H16N2.C23H12F4N2.2C21H12N4O.5Pt/c1-3-11-22(12-4-1)30-28-17-9-7-15-24(28)19-26(32-30)21-27-20-25-16-8-10-18-29(25)31(33-27)23-13-5-2-6-14-23;1-3-9-19(10-4-1)23-15-8-16-25(27-23)22-14-7-13-21-17-18-24(28-26(21)22)20-11-5-2-6-12-20;24-14-7-9-18(20(26)11-14)22-5-1-3-16(28-22)13-17-4-2-6-23(29-17)19-10-8-15(25)12-21(19)27;2*26-21(19-9-1-7-17(24-19)15-5-3-11-22-13-15)20-10-2-8-18(25-20)16-6-4-12-23-14-16;;;;;/h1-11,13,15-20H,21H2;1-9,11,13-18H;1-8,11-12H,13H2;1-4,7-14H;1-12H;;;;;/q5*-2;5*+2. The summed E-state index contributed by atoms with van der Waals surface area (Å²) < 4.78 is 54.2. The molecule has 0 aliphatic carbocycles. The zero-order valence-electron chi connectivity index (χ0n) is 76.8. The van der Waals surface area contributed by atoms with Crippen LogP contribution in [0.3, 0.4) is 0 Å². The van der Waals surface area contributed by atoms with E-state index in [1.807, 2.05) is 146 Å². The van der Waals surface area contributed by atoms with Gasteiger partial charge >= 0.3 is 105 Å². The third-order valence-corrected chi connectivity index (χ3v) is 22.3. The molecule has 0 radical (unpaired) electrons. The smallest absolute Gasteiger partial charge is 0.360 e. The molecule has 720 valence electrons. The maximum atomic E-state index is 14.0. The van der Waals surface area contributed by atoms with E-state index in [0.29, 0.717) is 81.2 Å². The molecule has 14 aromatic heterocycles. The topological polar surface area (TPSA) is 215 Å². The Balaban J connectivity index is 0.000000144. The van der Waals surface area contributed by atoms with Crippen molar-refractivity contribution in [1.82, 2.24) is 69.8 Å². The summed E-state index contributed by atoms with van der Waals surface area (Å²) >= 11 is 0. The molecular formula is C122H72F4N14O2Pt5. The van der Waals surface area contributed by atoms with Crippen LogP contribution < -0.4 is 0 Å². The summed E-state index contributed by atoms with van der Waals surface area (Å²) in [6.07, 6.45) is 16.6. The van der Waals surface area contributed by atoms with Gasteiger partial charge in [-0.2, -0.15) is 0 Å². The van der Waals surface area contributed by atoms with Crippen LogP contribution in [0, 0.1) is 84.2 Å². The second kappa shape index (κ2) is 52.2. The number of aromatic nitrogens is 14. The van der Waals surface area contributed by atoms with Crippen LogP contribution in [0.1, 0.15) is 55.1 Å². The van der Waals surface area contributed by atoms with Crippen molar-refractivity contribution in [3.05, 3.63) is 543 Å². The Hall–Kier alpha value is -15.6. The third kappa shape index (κ3) is 27.1. The first-order chi connectivity index (χ1) is 69.8. The Labute approximate surface area is 917 Å². The van der Waals surface area contributed by atoms with Gasteiger partial charge in [-0.25, -0.2) is 0 Å². The Morgan fingerprint density at radius 2 is 0.605 bits per heavy atom. The second-order valence-electron chi connectivity index (χ2n) is 31.8. The van der Waals surface area contributed by atoms with Gasteiger partial charge < -0.3 is 39.9 Å². The van der Waals surface area contributed by atoms with E-state index in [1.54, 1.807) is 146 Å². The van der Waals surface area contributed by atoms with Gasteiger partial charge in [0.2, 0.25) is 11.6 Å². The zero-order chi connectivity index (χ0) is 96.7. The Morgan fingerprint density at radius 1 is 0.252 bits per heavy atom. The molecular weight excluding hydrogens is 2740 g/mol. The van der Waals surface area contributed by atoms with Gasteiger partial charge in [0.25, 0.3) is 0 Å². The molecule has 9 aromatic carbocycles. The molecule has 0 bridgehead atoms. The van der Waals surface area contributed by atoms with E-state index in [9.17, 15) is 27.2 Å². The fourth-order valence-corrected chi connectivity index (χ4v) is 15.6. The fraction of sp³-hybridized carbons (Fsp3) is 0.0164. The summed E-state index contributed by atoms with van der Waals surface area (Å²) in [5.41, 5.74) is 21.3. The van der Waals surface area contributed by atoms with Crippen LogP contribution in [0.4, 0.5) is 17.6 Å². The predicted molar refractivity (Wildman–Crippen MR) is 540 cm³/mol. The van der Waals surface area contributed by atoms with E-state index >= 15 is 0 Å². The van der Waals surface area contributed by atoms with E-state index in [4.69, 9.17) is 19.9 Å². The van der Waals surface area contributed by atoms with Crippen molar-refractivity contribution in [2.45, 2.75) is 12.8 Å². The minimum absolute atomic E-state index is 0. The van der Waals surface area contributed by atoms with Gasteiger partial charge in [-0.05, 0) is 151 Å². The van der Waals surface area contributed by atoms with Crippen LogP contribution in [0.25, 0.3) is 156 Å². The first-order valence-electron chi connectivity index (χ1n) is 44.8. The van der Waals surface area contributed by atoms with E-state index in [-0.39, 0.29) is 128 Å². The number of hydrogen-bond acceptors (Lipinski definition) is 16. The van der Waals surface area contributed by atoms with Crippen molar-refractivity contribution in [3.63, 3.8) is 0 Å². The number of fused-ring (bicyclic) bond motifs is 3. The monoisotopic (exact) mass is 2820 g/mol. The number of rotatable bonds is 19. The summed E-state index contributed by atoms with van der Waals surface area (Å²) in [7, 11) is 0. The Morgan fingerprint density at radius 3 is 1.01 bits per heavy atom. The molecule has 25 heteroatoms. The molecule has 0 amide bonds. The Kier molecular flexibility index (Phi) is 38.1. The molecule has 23 rings (SSSR count). The molecule has 0 aliphatic rings. The summed E-state index contributed by atoms with van der Waals surface area (Å²) in [4.78, 5) is 88.3. The first-order valence-corrected chi connectivity index (χ1v) is 44.8. The van der Waals surface area contributed by atoms with E-state index < -0.39 is 23.3 Å². The maximum absolute atomic E-state index is 14.0. The molecule has 14 heterocycles. The summed E-state index contributed by atoms with van der Waals surface area (Å²) in [5.74, 6) is -3.43. The minimum Gasteiger partial charge on any atom is -0.360 e. The molecule has 0 saturated carbocycles. The first kappa shape index (κ1) is 107. The van der Waals surface area contributed by atoms with Gasteiger partial charge in [0, 0.05) is 64.4 Å². The van der Waals surface area contributed by atoms with Crippen LogP contribution in [0.15, 0.2) is 413 Å². The molecule has 0 spiro atoms. The number of para-hydroxylation sites is 1. The molecule has 0 N–H and O–H groups in total. The number of carbonyl (C=O) groups is 2. The minimum atomic E-state index is -0.753. The van der Waals surface area contributed by atoms with Crippen molar-refractivity contribution in [2.75, 3.05) is 0 Å². The van der Waals surface area contributed by atoms with E-state index in [2.05, 4.69) is 208 Å². The average molecular weight is 2820 g/mol. The van der Waals surface area contributed by atoms with Crippen LogP contribution in [-0.2, 0) is 118 Å². The van der Waals surface area contributed by atoms with Gasteiger partial charge in [-0.1, -0.05) is 224 Å². The molecule has 16 nitrogen and oxygen atoms in total. The quantitative estimate of drug-likeness (QED) is 0.0418. The molecule has 23 aromatic rings. The summed E-state index contributed by atoms with van der Waals surface area (Å²) in [6, 6.07) is 139. The van der Waals surface area contributed by atoms with Crippen molar-refractivity contribution >= 4 is 44.0 Å². The van der Waals surface area contributed by atoms with Gasteiger partial charge in [0.15, 0.2) is 0 Å². The fourth-order valence-electron chi connectivity index (χ4n) is 15.6. The Bertz CT molecular complexity index is 7860. The van der Waals surface area contributed by atoms with Crippen molar-refractivity contribution < 1.29 is 132 Å². The van der Waals surface area contributed by atoms with Crippen molar-refractivity contribution in [1.29, 1.82) is 0 Å². The van der Waals surface area contributed by atoms with Gasteiger partial charge in [-0.3, -0.25) is 57.1 Å². The molecule has 0 atom stereocenters. The second-order valence-corrected chi connectivity index (χ2v) is 31.8. The average Bonchev–Trinajstić information content (AvgIpc) is 0.783. The van der Waals surface area contributed by atoms with Gasteiger partial charge in [0.1, 0.15) is 22.8 Å². The number of carbonyl (C=O) groups excluding carboxylic acids is 2. The molecule has 0 fully saturated rings. The van der Waals surface area contributed by atoms with E-state index in [0.717, 1.165) is 136 Å². The van der Waals surface area contributed by atoms with Crippen molar-refractivity contribution in [3.8, 4) is 124 Å². The normalized spacial score (nSPS) is 10.4. The number of pyridine rings is 14. The number of hydrogen-bond donors (Lipinski definition) is 0. The summed E-state index contributed by atoms with van der Waals surface area (Å²) in [5, 5.41) is 5.71. The predicted octanol–water partition coefficient (Wildman–Crippen LogP) is 25.9. The number of benzene rings is 9. The largest absolute Gasteiger partial charge is 2.00 e. The molecule has 0 saturated heterocycles. The maximum Gasteiger partial charge on any atom is 2.00 e.